The number of allylic oxidation sites excluding steroid dienone is 2. The van der Waals surface area contributed by atoms with Gasteiger partial charge in [-0.25, -0.2) is 0 Å². The first-order chi connectivity index (χ1) is 22.7. The minimum atomic E-state index is -0.543. The lowest BCUT2D eigenvalue weighted by atomic mass is 9.64. The molecule has 6 aromatic carbocycles. The highest BCUT2D eigenvalue weighted by atomic mass is 32.2. The van der Waals surface area contributed by atoms with Crippen molar-refractivity contribution in [1.29, 1.82) is 0 Å². The van der Waals surface area contributed by atoms with Gasteiger partial charge in [-0.05, 0) is 85.0 Å². The third-order valence-electron chi connectivity index (χ3n) is 9.50. The Morgan fingerprint density at radius 1 is 0.609 bits per heavy atom. The molecule has 0 aromatic heterocycles. The van der Waals surface area contributed by atoms with Crippen LogP contribution in [0.3, 0.4) is 0 Å². The van der Waals surface area contributed by atoms with E-state index >= 15 is 0 Å². The maximum atomic E-state index is 4.98. The minimum Gasteiger partial charge on any atom is -0.288 e. The van der Waals surface area contributed by atoms with Crippen molar-refractivity contribution in [3.63, 3.8) is 0 Å². The van der Waals surface area contributed by atoms with Crippen LogP contribution in [-0.2, 0) is 11.2 Å². The van der Waals surface area contributed by atoms with Gasteiger partial charge < -0.3 is 0 Å². The summed E-state index contributed by atoms with van der Waals surface area (Å²) in [5.74, 6) is 0.877. The topological polar surface area (TPSA) is 12.4 Å². The molecule has 1 aliphatic carbocycles. The molecule has 0 N–H and O–H groups in total. The number of rotatable bonds is 4. The highest BCUT2D eigenvalue weighted by molar-refractivity contribution is 7.98. The van der Waals surface area contributed by atoms with Crippen LogP contribution < -0.4 is 0 Å². The molecule has 0 amide bonds. The molecule has 0 unspecified atom stereocenters. The summed E-state index contributed by atoms with van der Waals surface area (Å²) in [6.45, 7) is 4.98. The van der Waals surface area contributed by atoms with Crippen LogP contribution in [0, 0.1) is 0 Å². The van der Waals surface area contributed by atoms with E-state index in [1.807, 2.05) is 24.9 Å². The molecule has 0 saturated carbocycles. The number of nitrogens with zero attached hydrogens (tertiary/aromatic N) is 1. The Labute approximate surface area is 275 Å². The van der Waals surface area contributed by atoms with Crippen molar-refractivity contribution in [2.75, 3.05) is 7.05 Å². The number of hydrogen-bond donors (Lipinski definition) is 0. The molecule has 6 aromatic rings. The van der Waals surface area contributed by atoms with Crippen LogP contribution in [-0.4, -0.2) is 12.8 Å². The van der Waals surface area contributed by atoms with E-state index in [9.17, 15) is 0 Å². The Kier molecular flexibility index (Phi) is 7.16. The average Bonchev–Trinajstić information content (AvgIpc) is 3.42. The lowest BCUT2D eigenvalue weighted by Gasteiger charge is -2.39. The quantitative estimate of drug-likeness (QED) is 0.182. The molecular formula is C44H33NS. The van der Waals surface area contributed by atoms with Crippen LogP contribution >= 0.6 is 11.8 Å². The van der Waals surface area contributed by atoms with Crippen LogP contribution in [0.5, 0.6) is 0 Å². The first-order valence-corrected chi connectivity index (χ1v) is 16.7. The second-order valence-electron chi connectivity index (χ2n) is 11.9. The third kappa shape index (κ3) is 4.44. The van der Waals surface area contributed by atoms with Gasteiger partial charge in [-0.15, -0.1) is 11.8 Å². The van der Waals surface area contributed by atoms with Crippen molar-refractivity contribution in [2.24, 2.45) is 4.99 Å². The Hall–Kier alpha value is -5.18. The summed E-state index contributed by atoms with van der Waals surface area (Å²) in [6.07, 6.45) is 2.25. The maximum absolute atomic E-state index is 4.98. The van der Waals surface area contributed by atoms with Gasteiger partial charge in [-0.2, -0.15) is 0 Å². The number of fused-ring (bicyclic) bond motifs is 8. The molecule has 0 fully saturated rings. The molecule has 1 heterocycles. The van der Waals surface area contributed by atoms with Crippen LogP contribution in [0.25, 0.3) is 22.3 Å². The minimum absolute atomic E-state index is 0.543. The van der Waals surface area contributed by atoms with Crippen molar-refractivity contribution >= 4 is 28.6 Å². The molecule has 0 atom stereocenters. The monoisotopic (exact) mass is 607 g/mol. The molecule has 2 heteroatoms. The SMILES string of the molecule is C=C1c2ccccc2SCc2ccc(/C(=C\C(=NC)c3ccccc3)c3ccccc3)cc2C12c1ccccc1-c1ccccc12. The fraction of sp³-hybridized carbons (Fsp3) is 0.0682. The zero-order chi connectivity index (χ0) is 31.1. The predicted molar refractivity (Wildman–Crippen MR) is 196 cm³/mol. The Morgan fingerprint density at radius 2 is 1.17 bits per heavy atom. The molecule has 1 spiro atoms. The molecular weight excluding hydrogens is 575 g/mol. The van der Waals surface area contributed by atoms with Gasteiger partial charge in [0.25, 0.3) is 0 Å². The summed E-state index contributed by atoms with van der Waals surface area (Å²) in [5, 5.41) is 0. The standard InChI is InChI=1S/C44H33NS/c1-30-35-19-11-14-24-43(35)46-29-34-26-25-33(38(31-15-5-3-6-16-31)28-42(45-2)32-17-7-4-8-18-32)27-41(34)44(30)39-22-12-9-20-36(39)37-21-10-13-23-40(37)44/h3-28H,1,29H2,2H3/b38-28-,45-42?. The second kappa shape index (κ2) is 11.6. The number of benzene rings is 6. The van der Waals surface area contributed by atoms with Gasteiger partial charge in [0.15, 0.2) is 0 Å². The van der Waals surface area contributed by atoms with Gasteiger partial charge in [-0.1, -0.05) is 146 Å². The van der Waals surface area contributed by atoms with Gasteiger partial charge in [-0.3, -0.25) is 4.99 Å². The molecule has 8 rings (SSSR count). The fourth-order valence-corrected chi connectivity index (χ4v) is 8.49. The lowest BCUT2D eigenvalue weighted by molar-refractivity contribution is 0.812. The number of aliphatic imine (C=N–C) groups is 1. The van der Waals surface area contributed by atoms with Gasteiger partial charge >= 0.3 is 0 Å². The van der Waals surface area contributed by atoms with Gasteiger partial charge in [0.2, 0.25) is 0 Å². The van der Waals surface area contributed by atoms with E-state index in [1.54, 1.807) is 0 Å². The normalized spacial score (nSPS) is 14.9. The largest absolute Gasteiger partial charge is 0.288 e. The van der Waals surface area contributed by atoms with E-state index in [-0.39, 0.29) is 0 Å². The average molecular weight is 608 g/mol. The second-order valence-corrected chi connectivity index (χ2v) is 12.9. The van der Waals surface area contributed by atoms with Crippen molar-refractivity contribution < 1.29 is 0 Å². The summed E-state index contributed by atoms with van der Waals surface area (Å²) >= 11 is 1.90. The number of thioether (sulfide) groups is 1. The summed E-state index contributed by atoms with van der Waals surface area (Å²) in [6, 6.07) is 54.9. The van der Waals surface area contributed by atoms with E-state index in [1.165, 1.54) is 43.8 Å². The van der Waals surface area contributed by atoms with Crippen LogP contribution in [0.4, 0.5) is 0 Å². The summed E-state index contributed by atoms with van der Waals surface area (Å²) in [4.78, 5) is 6.03. The van der Waals surface area contributed by atoms with Crippen LogP contribution in [0.2, 0.25) is 0 Å². The molecule has 1 nitrogen and oxygen atoms in total. The highest BCUT2D eigenvalue weighted by Crippen LogP contribution is 2.60. The summed E-state index contributed by atoms with van der Waals surface area (Å²) in [7, 11) is 1.88. The maximum Gasteiger partial charge on any atom is 0.0717 e. The lowest BCUT2D eigenvalue weighted by Crippen LogP contribution is -2.31. The number of hydrogen-bond acceptors (Lipinski definition) is 2. The first kappa shape index (κ1) is 28.3. The molecule has 2 aliphatic rings. The Balaban J connectivity index is 1.44. The Morgan fingerprint density at radius 3 is 1.83 bits per heavy atom. The molecule has 0 saturated heterocycles. The van der Waals surface area contributed by atoms with Crippen molar-refractivity contribution in [3.05, 3.63) is 209 Å². The zero-order valence-electron chi connectivity index (χ0n) is 25.8. The molecule has 220 valence electrons. The fourth-order valence-electron chi connectivity index (χ4n) is 7.40. The first-order valence-electron chi connectivity index (χ1n) is 15.7. The van der Waals surface area contributed by atoms with Crippen molar-refractivity contribution in [2.45, 2.75) is 16.1 Å². The van der Waals surface area contributed by atoms with E-state index in [0.29, 0.717) is 0 Å². The summed E-state index contributed by atoms with van der Waals surface area (Å²) in [5.41, 5.74) is 15.1. The van der Waals surface area contributed by atoms with E-state index in [2.05, 4.69) is 152 Å². The predicted octanol–water partition coefficient (Wildman–Crippen LogP) is 10.9. The van der Waals surface area contributed by atoms with Crippen LogP contribution in [0.15, 0.2) is 174 Å². The Bertz CT molecular complexity index is 2130. The van der Waals surface area contributed by atoms with Gasteiger partial charge in [0, 0.05) is 17.7 Å². The summed E-state index contributed by atoms with van der Waals surface area (Å²) < 4.78 is 0. The van der Waals surface area contributed by atoms with Crippen molar-refractivity contribution in [1.82, 2.24) is 0 Å². The van der Waals surface area contributed by atoms with Gasteiger partial charge in [0.1, 0.15) is 0 Å². The van der Waals surface area contributed by atoms with Crippen LogP contribution in [0.1, 0.15) is 44.5 Å². The smallest absolute Gasteiger partial charge is 0.0717 e. The molecule has 0 radical (unpaired) electrons. The highest BCUT2D eigenvalue weighted by Gasteiger charge is 2.49. The van der Waals surface area contributed by atoms with E-state index < -0.39 is 5.41 Å². The van der Waals surface area contributed by atoms with Crippen molar-refractivity contribution in [3.8, 4) is 11.1 Å². The van der Waals surface area contributed by atoms with Gasteiger partial charge in [0.05, 0.1) is 11.1 Å². The van der Waals surface area contributed by atoms with E-state index in [0.717, 1.165) is 39.3 Å². The molecule has 0 bridgehead atoms. The van der Waals surface area contributed by atoms with E-state index in [4.69, 9.17) is 11.6 Å². The third-order valence-corrected chi connectivity index (χ3v) is 10.6. The molecule has 46 heavy (non-hydrogen) atoms. The zero-order valence-corrected chi connectivity index (χ0v) is 26.6. The molecule has 1 aliphatic heterocycles.